The van der Waals surface area contributed by atoms with E-state index in [1.807, 2.05) is 18.2 Å². The maximum absolute atomic E-state index is 9.62. The third-order valence-corrected chi connectivity index (χ3v) is 2.77. The normalized spacial score (nSPS) is 10.2. The van der Waals surface area contributed by atoms with Crippen LogP contribution in [0.25, 0.3) is 0 Å². The van der Waals surface area contributed by atoms with Crippen LogP contribution in [0.15, 0.2) is 48.5 Å². The Balaban J connectivity index is 1.88. The highest BCUT2D eigenvalue weighted by Gasteiger charge is 1.98. The molecule has 2 aromatic carbocycles. The van der Waals surface area contributed by atoms with E-state index < -0.39 is 0 Å². The molecule has 0 atom stereocenters. The zero-order valence-electron chi connectivity index (χ0n) is 9.98. The summed E-state index contributed by atoms with van der Waals surface area (Å²) in [5.74, 6) is 0.373. The lowest BCUT2D eigenvalue weighted by Crippen LogP contribution is -2.04. The summed E-state index contributed by atoms with van der Waals surface area (Å²) in [6.45, 7) is 2.90. The van der Waals surface area contributed by atoms with Gasteiger partial charge in [-0.25, -0.2) is 0 Å². The van der Waals surface area contributed by atoms with Crippen LogP contribution < -0.4 is 5.32 Å². The van der Waals surface area contributed by atoms with Crippen LogP contribution in [0.4, 0.5) is 5.69 Å². The van der Waals surface area contributed by atoms with Crippen molar-refractivity contribution in [3.05, 3.63) is 59.7 Å². The van der Waals surface area contributed by atoms with Gasteiger partial charge >= 0.3 is 0 Å². The molecule has 0 unspecified atom stereocenters. The van der Waals surface area contributed by atoms with Gasteiger partial charge in [-0.1, -0.05) is 35.9 Å². The molecular formula is C15H17NO. The van der Waals surface area contributed by atoms with Crippen molar-refractivity contribution in [2.45, 2.75) is 13.3 Å². The Hall–Kier alpha value is -1.96. The first kappa shape index (κ1) is 11.5. The Kier molecular flexibility index (Phi) is 3.66. The highest BCUT2D eigenvalue weighted by atomic mass is 16.3. The Morgan fingerprint density at radius 3 is 2.41 bits per heavy atom. The molecule has 0 aliphatic heterocycles. The van der Waals surface area contributed by atoms with Gasteiger partial charge in [0.25, 0.3) is 0 Å². The van der Waals surface area contributed by atoms with Crippen LogP contribution in [0.2, 0.25) is 0 Å². The minimum atomic E-state index is 0.373. The molecule has 2 nitrogen and oxygen atoms in total. The zero-order chi connectivity index (χ0) is 12.1. The first-order chi connectivity index (χ1) is 8.25. The van der Waals surface area contributed by atoms with Gasteiger partial charge in [-0.2, -0.15) is 0 Å². The van der Waals surface area contributed by atoms with Crippen LogP contribution in [0.5, 0.6) is 5.75 Å². The molecule has 0 spiro atoms. The van der Waals surface area contributed by atoms with Crippen molar-refractivity contribution in [2.75, 3.05) is 11.9 Å². The van der Waals surface area contributed by atoms with Gasteiger partial charge in [-0.15, -0.1) is 0 Å². The van der Waals surface area contributed by atoms with Gasteiger partial charge in [-0.05, 0) is 37.1 Å². The van der Waals surface area contributed by atoms with Crippen LogP contribution in [-0.4, -0.2) is 11.7 Å². The second kappa shape index (κ2) is 5.39. The van der Waals surface area contributed by atoms with Crippen LogP contribution in [0.1, 0.15) is 11.1 Å². The highest BCUT2D eigenvalue weighted by Crippen LogP contribution is 2.16. The van der Waals surface area contributed by atoms with E-state index in [2.05, 4.69) is 36.5 Å². The molecule has 0 bridgehead atoms. The SMILES string of the molecule is Cc1ccc(NCCc2ccccc2O)cc1. The number of phenolic OH excluding ortho intramolecular Hbond substituents is 1. The maximum Gasteiger partial charge on any atom is 0.118 e. The number of para-hydroxylation sites is 1. The second-order valence-electron chi connectivity index (χ2n) is 4.17. The quantitative estimate of drug-likeness (QED) is 0.839. The average Bonchev–Trinajstić information content (AvgIpc) is 2.34. The largest absolute Gasteiger partial charge is 0.508 e. The predicted molar refractivity (Wildman–Crippen MR) is 71.5 cm³/mol. The monoisotopic (exact) mass is 227 g/mol. The fourth-order valence-electron chi connectivity index (χ4n) is 1.74. The van der Waals surface area contributed by atoms with Crippen molar-refractivity contribution in [1.82, 2.24) is 0 Å². The third kappa shape index (κ3) is 3.25. The van der Waals surface area contributed by atoms with Gasteiger partial charge in [0.1, 0.15) is 5.75 Å². The molecule has 0 aliphatic rings. The number of benzene rings is 2. The Bertz CT molecular complexity index is 477. The van der Waals surface area contributed by atoms with Crippen molar-refractivity contribution in [2.24, 2.45) is 0 Å². The lowest BCUT2D eigenvalue weighted by Gasteiger charge is -2.07. The minimum absolute atomic E-state index is 0.373. The van der Waals surface area contributed by atoms with Gasteiger partial charge in [0.15, 0.2) is 0 Å². The van der Waals surface area contributed by atoms with Crippen LogP contribution in [-0.2, 0) is 6.42 Å². The van der Waals surface area contributed by atoms with Gasteiger partial charge in [-0.3, -0.25) is 0 Å². The Morgan fingerprint density at radius 2 is 1.71 bits per heavy atom. The molecule has 0 fully saturated rings. The summed E-state index contributed by atoms with van der Waals surface area (Å²) < 4.78 is 0. The molecule has 88 valence electrons. The van der Waals surface area contributed by atoms with Crippen molar-refractivity contribution in [3.63, 3.8) is 0 Å². The van der Waals surface area contributed by atoms with E-state index >= 15 is 0 Å². The first-order valence-electron chi connectivity index (χ1n) is 5.83. The molecule has 0 saturated heterocycles. The number of rotatable bonds is 4. The van der Waals surface area contributed by atoms with Crippen molar-refractivity contribution >= 4 is 5.69 Å². The molecular weight excluding hydrogens is 210 g/mol. The van der Waals surface area contributed by atoms with Crippen molar-refractivity contribution < 1.29 is 5.11 Å². The summed E-state index contributed by atoms with van der Waals surface area (Å²) in [4.78, 5) is 0. The number of hydrogen-bond donors (Lipinski definition) is 2. The maximum atomic E-state index is 9.62. The molecule has 0 amide bonds. The van der Waals surface area contributed by atoms with E-state index in [1.165, 1.54) is 5.56 Å². The molecule has 2 aromatic rings. The number of aryl methyl sites for hydroxylation is 1. The molecule has 0 heterocycles. The fourth-order valence-corrected chi connectivity index (χ4v) is 1.74. The van der Waals surface area contributed by atoms with Gasteiger partial charge in [0.2, 0.25) is 0 Å². The Morgan fingerprint density at radius 1 is 1.00 bits per heavy atom. The number of aromatic hydroxyl groups is 1. The summed E-state index contributed by atoms with van der Waals surface area (Å²) in [7, 11) is 0. The number of phenols is 1. The van der Waals surface area contributed by atoms with Gasteiger partial charge < -0.3 is 10.4 Å². The average molecular weight is 227 g/mol. The number of nitrogens with one attached hydrogen (secondary N) is 1. The van der Waals surface area contributed by atoms with E-state index in [9.17, 15) is 5.11 Å². The van der Waals surface area contributed by atoms with E-state index in [4.69, 9.17) is 0 Å². The third-order valence-electron chi connectivity index (χ3n) is 2.77. The highest BCUT2D eigenvalue weighted by molar-refractivity contribution is 5.44. The van der Waals surface area contributed by atoms with E-state index in [0.717, 1.165) is 24.2 Å². The van der Waals surface area contributed by atoms with Crippen LogP contribution in [0.3, 0.4) is 0 Å². The summed E-state index contributed by atoms with van der Waals surface area (Å²) >= 11 is 0. The lowest BCUT2D eigenvalue weighted by atomic mass is 10.1. The topological polar surface area (TPSA) is 32.3 Å². The van der Waals surface area contributed by atoms with E-state index in [0.29, 0.717) is 5.75 Å². The molecule has 0 aromatic heterocycles. The molecule has 17 heavy (non-hydrogen) atoms. The number of anilines is 1. The fraction of sp³-hybridized carbons (Fsp3) is 0.200. The second-order valence-corrected chi connectivity index (χ2v) is 4.17. The molecule has 0 radical (unpaired) electrons. The predicted octanol–water partition coefficient (Wildman–Crippen LogP) is 3.36. The molecule has 0 saturated carbocycles. The van der Waals surface area contributed by atoms with Crippen LogP contribution in [0, 0.1) is 6.92 Å². The molecule has 2 N–H and O–H groups in total. The zero-order valence-corrected chi connectivity index (χ0v) is 9.98. The summed E-state index contributed by atoms with van der Waals surface area (Å²) in [5.41, 5.74) is 3.36. The first-order valence-corrected chi connectivity index (χ1v) is 5.83. The number of hydrogen-bond acceptors (Lipinski definition) is 2. The van der Waals surface area contributed by atoms with E-state index in [-0.39, 0.29) is 0 Å². The van der Waals surface area contributed by atoms with Crippen LogP contribution >= 0.6 is 0 Å². The smallest absolute Gasteiger partial charge is 0.118 e. The summed E-state index contributed by atoms with van der Waals surface area (Å²) in [6, 6.07) is 15.8. The summed E-state index contributed by atoms with van der Waals surface area (Å²) in [6.07, 6.45) is 0.820. The van der Waals surface area contributed by atoms with Crippen molar-refractivity contribution in [1.29, 1.82) is 0 Å². The van der Waals surface area contributed by atoms with Gasteiger partial charge in [0, 0.05) is 12.2 Å². The molecule has 2 rings (SSSR count). The molecule has 2 heteroatoms. The molecule has 0 aliphatic carbocycles. The standard InChI is InChI=1S/C15H17NO/c1-12-6-8-14(9-7-12)16-11-10-13-4-2-3-5-15(13)17/h2-9,16-17H,10-11H2,1H3. The lowest BCUT2D eigenvalue weighted by molar-refractivity contribution is 0.468. The van der Waals surface area contributed by atoms with Gasteiger partial charge in [0.05, 0.1) is 0 Å². The minimum Gasteiger partial charge on any atom is -0.508 e. The summed E-state index contributed by atoms with van der Waals surface area (Å²) in [5, 5.41) is 13.0. The Labute approximate surface area is 102 Å². The van der Waals surface area contributed by atoms with Crippen molar-refractivity contribution in [3.8, 4) is 5.75 Å². The van der Waals surface area contributed by atoms with E-state index in [1.54, 1.807) is 6.07 Å².